The van der Waals surface area contributed by atoms with Gasteiger partial charge in [0.05, 0.1) is 4.90 Å². The Labute approximate surface area is 128 Å². The van der Waals surface area contributed by atoms with E-state index in [0.717, 1.165) is 46.3 Å². The Morgan fingerprint density at radius 1 is 1.05 bits per heavy atom. The third-order valence-corrected chi connectivity index (χ3v) is 5.16. The molecule has 5 N–H and O–H groups in total. The number of aromatic amines is 1. The van der Waals surface area contributed by atoms with Crippen LogP contribution in [0.4, 0.5) is 5.69 Å². The van der Waals surface area contributed by atoms with Gasteiger partial charge in [0.25, 0.3) is 0 Å². The molecule has 4 rings (SSSR count). The van der Waals surface area contributed by atoms with Gasteiger partial charge in [-0.05, 0) is 54.3 Å². The normalized spacial score (nSPS) is 13.9. The number of hydrogen-bond donors (Lipinski definition) is 3. The van der Waals surface area contributed by atoms with Crippen molar-refractivity contribution in [3.05, 3.63) is 47.5 Å². The van der Waals surface area contributed by atoms with Gasteiger partial charge in [-0.1, -0.05) is 6.07 Å². The fraction of sp³-hybridized carbons (Fsp3) is 0.125. The lowest BCUT2D eigenvalue weighted by molar-refractivity contribution is 0.598. The van der Waals surface area contributed by atoms with E-state index < -0.39 is 10.0 Å². The molecule has 22 heavy (non-hydrogen) atoms. The Kier molecular flexibility index (Phi) is 2.64. The Bertz CT molecular complexity index is 1020. The minimum absolute atomic E-state index is 0.143. The van der Waals surface area contributed by atoms with Gasteiger partial charge in [-0.15, -0.1) is 0 Å². The van der Waals surface area contributed by atoms with Crippen LogP contribution < -0.4 is 10.9 Å². The maximum Gasteiger partial charge on any atom is 0.238 e. The predicted octanol–water partition coefficient (Wildman–Crippen LogP) is 2.16. The molecule has 1 aliphatic carbocycles. The van der Waals surface area contributed by atoms with Gasteiger partial charge in [-0.2, -0.15) is 0 Å². The molecule has 0 radical (unpaired) electrons. The molecule has 0 aliphatic heterocycles. The highest BCUT2D eigenvalue weighted by Crippen LogP contribution is 2.38. The molecule has 2 aromatic carbocycles. The van der Waals surface area contributed by atoms with Crippen molar-refractivity contribution in [1.29, 1.82) is 0 Å². The molecule has 112 valence electrons. The van der Waals surface area contributed by atoms with E-state index in [1.165, 1.54) is 11.6 Å². The zero-order valence-electron chi connectivity index (χ0n) is 11.8. The molecule has 6 heteroatoms. The van der Waals surface area contributed by atoms with Gasteiger partial charge in [0.2, 0.25) is 10.0 Å². The van der Waals surface area contributed by atoms with Crippen molar-refractivity contribution in [2.24, 2.45) is 5.14 Å². The highest BCUT2D eigenvalue weighted by atomic mass is 32.2. The largest absolute Gasteiger partial charge is 0.399 e. The van der Waals surface area contributed by atoms with Gasteiger partial charge in [0.15, 0.2) is 0 Å². The van der Waals surface area contributed by atoms with Gasteiger partial charge in [-0.25, -0.2) is 13.6 Å². The number of anilines is 1. The molecule has 1 heterocycles. The summed E-state index contributed by atoms with van der Waals surface area (Å²) in [7, 11) is -3.70. The Balaban J connectivity index is 2.00. The van der Waals surface area contributed by atoms with Crippen molar-refractivity contribution in [3.8, 4) is 11.3 Å². The lowest BCUT2D eigenvalue weighted by Crippen LogP contribution is -2.11. The molecule has 0 bridgehead atoms. The van der Waals surface area contributed by atoms with E-state index in [0.29, 0.717) is 0 Å². The third kappa shape index (κ3) is 1.92. The maximum absolute atomic E-state index is 11.6. The zero-order chi connectivity index (χ0) is 15.5. The number of rotatable bonds is 1. The lowest BCUT2D eigenvalue weighted by Gasteiger charge is -2.17. The summed E-state index contributed by atoms with van der Waals surface area (Å²) in [5, 5.41) is 6.15. The summed E-state index contributed by atoms with van der Waals surface area (Å²) in [5.74, 6) is 0. The van der Waals surface area contributed by atoms with Crippen molar-refractivity contribution in [3.63, 3.8) is 0 Å². The van der Waals surface area contributed by atoms with Crippen LogP contribution in [-0.4, -0.2) is 13.4 Å². The molecule has 3 aromatic rings. The molecular formula is C16H15N3O2S. The first kappa shape index (κ1) is 13.4. The van der Waals surface area contributed by atoms with Crippen molar-refractivity contribution in [1.82, 2.24) is 4.98 Å². The predicted molar refractivity (Wildman–Crippen MR) is 86.9 cm³/mol. The van der Waals surface area contributed by atoms with Crippen LogP contribution in [0.15, 0.2) is 41.3 Å². The second-order valence-corrected chi connectivity index (χ2v) is 7.21. The molecule has 0 spiro atoms. The van der Waals surface area contributed by atoms with Crippen LogP contribution in [0.3, 0.4) is 0 Å². The van der Waals surface area contributed by atoms with Crippen molar-refractivity contribution in [2.75, 3.05) is 5.73 Å². The minimum Gasteiger partial charge on any atom is -0.399 e. The molecule has 0 saturated heterocycles. The summed E-state index contributed by atoms with van der Waals surface area (Å²) in [4.78, 5) is 3.54. The maximum atomic E-state index is 11.6. The summed E-state index contributed by atoms with van der Waals surface area (Å²) in [5.41, 5.74) is 12.1. The van der Waals surface area contributed by atoms with Crippen LogP contribution in [0.25, 0.3) is 22.2 Å². The van der Waals surface area contributed by atoms with Crippen LogP contribution in [0.2, 0.25) is 0 Å². The molecule has 0 amide bonds. The fourth-order valence-electron chi connectivity index (χ4n) is 3.22. The number of fused-ring (bicyclic) bond motifs is 5. The van der Waals surface area contributed by atoms with Crippen molar-refractivity contribution < 1.29 is 8.42 Å². The molecule has 1 aliphatic rings. The van der Waals surface area contributed by atoms with E-state index in [9.17, 15) is 8.42 Å². The number of aromatic nitrogens is 1. The smallest absolute Gasteiger partial charge is 0.238 e. The molecule has 0 unspecified atom stereocenters. The Hall–Kier alpha value is -2.31. The zero-order valence-corrected chi connectivity index (χ0v) is 12.6. The minimum atomic E-state index is -3.70. The van der Waals surface area contributed by atoms with E-state index in [1.807, 2.05) is 18.2 Å². The van der Waals surface area contributed by atoms with Gasteiger partial charge >= 0.3 is 0 Å². The number of nitrogen functional groups attached to an aromatic ring is 1. The average Bonchev–Trinajstić information content (AvgIpc) is 2.83. The molecular weight excluding hydrogens is 298 g/mol. The monoisotopic (exact) mass is 313 g/mol. The number of hydrogen-bond acceptors (Lipinski definition) is 3. The molecule has 1 aromatic heterocycles. The van der Waals surface area contributed by atoms with E-state index >= 15 is 0 Å². The van der Waals surface area contributed by atoms with E-state index in [4.69, 9.17) is 10.9 Å². The topological polar surface area (TPSA) is 102 Å². The van der Waals surface area contributed by atoms with Gasteiger partial charge in [0, 0.05) is 27.8 Å². The molecule has 0 atom stereocenters. The number of benzene rings is 2. The summed E-state index contributed by atoms with van der Waals surface area (Å²) >= 11 is 0. The first-order valence-corrected chi connectivity index (χ1v) is 8.54. The van der Waals surface area contributed by atoms with Crippen molar-refractivity contribution in [2.45, 2.75) is 17.7 Å². The van der Waals surface area contributed by atoms with E-state index in [-0.39, 0.29) is 4.90 Å². The van der Waals surface area contributed by atoms with E-state index in [1.54, 1.807) is 12.1 Å². The molecule has 0 fully saturated rings. The first-order chi connectivity index (χ1) is 10.4. The standard InChI is InChI=1S/C16H15N3O2S/c17-10-2-5-12-9(7-10)1-4-13-14-8-11(22(18,20)21)3-6-15(14)19-16(12)13/h2-3,5-8,19H,1,4,17H2,(H2,18,20,21). The second-order valence-electron chi connectivity index (χ2n) is 5.65. The highest BCUT2D eigenvalue weighted by molar-refractivity contribution is 7.89. The number of H-pyrrole nitrogens is 1. The fourth-order valence-corrected chi connectivity index (χ4v) is 3.76. The van der Waals surface area contributed by atoms with E-state index in [2.05, 4.69) is 4.98 Å². The van der Waals surface area contributed by atoms with Crippen molar-refractivity contribution >= 4 is 26.6 Å². The number of nitrogens with two attached hydrogens (primary N) is 2. The number of sulfonamides is 1. The van der Waals surface area contributed by atoms with Gasteiger partial charge < -0.3 is 10.7 Å². The highest BCUT2D eigenvalue weighted by Gasteiger charge is 2.21. The first-order valence-electron chi connectivity index (χ1n) is 7.00. The van der Waals surface area contributed by atoms with Gasteiger partial charge in [-0.3, -0.25) is 0 Å². The summed E-state index contributed by atoms with van der Waals surface area (Å²) in [6.07, 6.45) is 1.74. The lowest BCUT2D eigenvalue weighted by atomic mass is 9.89. The Morgan fingerprint density at radius 3 is 2.64 bits per heavy atom. The average molecular weight is 313 g/mol. The van der Waals surface area contributed by atoms with Crippen LogP contribution in [0.1, 0.15) is 11.1 Å². The SMILES string of the molecule is Nc1ccc2c(c1)CCc1c-2[nH]c2ccc(S(N)(=O)=O)cc12. The summed E-state index contributed by atoms with van der Waals surface area (Å²) < 4.78 is 23.1. The van der Waals surface area contributed by atoms with Crippen LogP contribution >= 0.6 is 0 Å². The van der Waals surface area contributed by atoms with Crippen LogP contribution in [-0.2, 0) is 22.9 Å². The Morgan fingerprint density at radius 2 is 1.86 bits per heavy atom. The van der Waals surface area contributed by atoms with Gasteiger partial charge in [0.1, 0.15) is 0 Å². The molecule has 5 nitrogen and oxygen atoms in total. The summed E-state index contributed by atoms with van der Waals surface area (Å²) in [6, 6.07) is 10.9. The number of aryl methyl sites for hydroxylation is 2. The van der Waals surface area contributed by atoms with Crippen LogP contribution in [0, 0.1) is 0 Å². The van der Waals surface area contributed by atoms with Crippen LogP contribution in [0.5, 0.6) is 0 Å². The number of nitrogens with one attached hydrogen (secondary N) is 1. The third-order valence-electron chi connectivity index (χ3n) is 4.25. The second kappa shape index (κ2) is 4.34. The summed E-state index contributed by atoms with van der Waals surface area (Å²) in [6.45, 7) is 0. The quantitative estimate of drug-likeness (QED) is 0.600. The molecule has 0 saturated carbocycles. The number of primary sulfonamides is 1.